The van der Waals surface area contributed by atoms with Gasteiger partial charge in [0.15, 0.2) is 0 Å². The fourth-order valence-corrected chi connectivity index (χ4v) is 1.88. The minimum atomic E-state index is 0.0503. The second-order valence-electron chi connectivity index (χ2n) is 3.83. The summed E-state index contributed by atoms with van der Waals surface area (Å²) >= 11 is 0. The zero-order valence-electron chi connectivity index (χ0n) is 8.39. The van der Waals surface area contributed by atoms with Crippen LogP contribution in [0.3, 0.4) is 0 Å². The average molecular weight is 189 g/mol. The van der Waals surface area contributed by atoms with E-state index in [-0.39, 0.29) is 6.04 Å². The minimum Gasteiger partial charge on any atom is -0.323 e. The summed E-state index contributed by atoms with van der Waals surface area (Å²) < 4.78 is 0. The first-order valence-electron chi connectivity index (χ1n) is 5.26. The fourth-order valence-electron chi connectivity index (χ4n) is 1.88. The second kappa shape index (κ2) is 4.58. The molecule has 2 nitrogen and oxygen atoms in total. The lowest BCUT2D eigenvalue weighted by molar-refractivity contribution is 0.384. The van der Waals surface area contributed by atoms with Crippen molar-refractivity contribution in [3.63, 3.8) is 0 Å². The molecule has 2 heteroatoms. The highest BCUT2D eigenvalue weighted by molar-refractivity contribution is 5.20. The summed E-state index contributed by atoms with van der Waals surface area (Å²) in [6, 6.07) is 10.3. The summed E-state index contributed by atoms with van der Waals surface area (Å²) in [5, 5.41) is 0. The van der Waals surface area contributed by atoms with Gasteiger partial charge in [0.2, 0.25) is 0 Å². The molecule has 1 saturated heterocycles. The standard InChI is InChI=1S/C12H17N2/c13-12(10-14-8-4-5-9-14)11-6-2-1-3-7-11/h1-3,6-7,10,12H,4-5,8-9,13H2/t12-/m1/s1. The summed E-state index contributed by atoms with van der Waals surface area (Å²) in [7, 11) is 0. The lowest BCUT2D eigenvalue weighted by atomic mass is 10.1. The van der Waals surface area contributed by atoms with Crippen LogP contribution >= 0.6 is 0 Å². The molecule has 14 heavy (non-hydrogen) atoms. The summed E-state index contributed by atoms with van der Waals surface area (Å²) in [4.78, 5) is 2.33. The van der Waals surface area contributed by atoms with Crippen molar-refractivity contribution in [2.24, 2.45) is 5.73 Å². The van der Waals surface area contributed by atoms with Crippen LogP contribution in [-0.4, -0.2) is 18.0 Å². The van der Waals surface area contributed by atoms with Crippen molar-refractivity contribution in [2.75, 3.05) is 13.1 Å². The van der Waals surface area contributed by atoms with E-state index in [0.29, 0.717) is 0 Å². The first kappa shape index (κ1) is 9.69. The van der Waals surface area contributed by atoms with Gasteiger partial charge in [-0.25, -0.2) is 0 Å². The number of hydrogen-bond acceptors (Lipinski definition) is 2. The molecule has 1 aliphatic rings. The van der Waals surface area contributed by atoms with Crippen LogP contribution in [0, 0.1) is 6.54 Å². The highest BCUT2D eigenvalue weighted by atomic mass is 15.1. The molecule has 0 unspecified atom stereocenters. The van der Waals surface area contributed by atoms with Crippen LogP contribution in [0.25, 0.3) is 0 Å². The Morgan fingerprint density at radius 1 is 1.14 bits per heavy atom. The molecule has 1 aliphatic heterocycles. The highest BCUT2D eigenvalue weighted by Gasteiger charge is 2.15. The molecule has 1 aromatic rings. The first-order chi connectivity index (χ1) is 6.86. The molecule has 2 rings (SSSR count). The Hall–Kier alpha value is -0.860. The molecule has 1 heterocycles. The number of nitrogens with two attached hydrogens (primary N) is 1. The van der Waals surface area contributed by atoms with Crippen molar-refractivity contribution in [3.05, 3.63) is 42.4 Å². The third kappa shape index (κ3) is 2.34. The largest absolute Gasteiger partial charge is 0.323 e. The van der Waals surface area contributed by atoms with E-state index < -0.39 is 0 Å². The van der Waals surface area contributed by atoms with E-state index in [4.69, 9.17) is 5.73 Å². The van der Waals surface area contributed by atoms with Crippen LogP contribution in [0.5, 0.6) is 0 Å². The molecule has 0 saturated carbocycles. The third-order valence-corrected chi connectivity index (χ3v) is 2.70. The van der Waals surface area contributed by atoms with E-state index >= 15 is 0 Å². The molecule has 1 radical (unpaired) electrons. The summed E-state index contributed by atoms with van der Waals surface area (Å²) in [6.07, 6.45) is 2.61. The summed E-state index contributed by atoms with van der Waals surface area (Å²) in [5.74, 6) is 0. The van der Waals surface area contributed by atoms with Gasteiger partial charge in [0.05, 0.1) is 0 Å². The van der Waals surface area contributed by atoms with Crippen LogP contribution in [0.15, 0.2) is 30.3 Å². The maximum atomic E-state index is 6.08. The van der Waals surface area contributed by atoms with Crippen LogP contribution in [0.4, 0.5) is 0 Å². The zero-order chi connectivity index (χ0) is 9.80. The lowest BCUT2D eigenvalue weighted by Gasteiger charge is -2.19. The van der Waals surface area contributed by atoms with Gasteiger partial charge >= 0.3 is 0 Å². The average Bonchev–Trinajstić information content (AvgIpc) is 2.72. The van der Waals surface area contributed by atoms with Gasteiger partial charge in [-0.05, 0) is 31.5 Å². The normalized spacial score (nSPS) is 19.8. The Morgan fingerprint density at radius 3 is 2.43 bits per heavy atom. The van der Waals surface area contributed by atoms with E-state index in [2.05, 4.69) is 23.6 Å². The van der Waals surface area contributed by atoms with Gasteiger partial charge in [-0.2, -0.15) is 0 Å². The molecule has 0 aromatic heterocycles. The monoisotopic (exact) mass is 189 g/mol. The molecule has 0 amide bonds. The minimum absolute atomic E-state index is 0.0503. The maximum absolute atomic E-state index is 6.08. The summed E-state index contributed by atoms with van der Waals surface area (Å²) in [6.45, 7) is 4.49. The Balaban J connectivity index is 1.92. The smallest absolute Gasteiger partial charge is 0.0469 e. The van der Waals surface area contributed by atoms with Gasteiger partial charge in [0.25, 0.3) is 0 Å². The molecule has 0 bridgehead atoms. The molecule has 75 valence electrons. The van der Waals surface area contributed by atoms with Gasteiger partial charge < -0.3 is 5.73 Å². The van der Waals surface area contributed by atoms with Crippen molar-refractivity contribution in [3.8, 4) is 0 Å². The fraction of sp³-hybridized carbons (Fsp3) is 0.417. The van der Waals surface area contributed by atoms with Gasteiger partial charge in [-0.1, -0.05) is 30.3 Å². The van der Waals surface area contributed by atoms with E-state index in [9.17, 15) is 0 Å². The third-order valence-electron chi connectivity index (χ3n) is 2.70. The van der Waals surface area contributed by atoms with Gasteiger partial charge in [-0.15, -0.1) is 0 Å². The van der Waals surface area contributed by atoms with Crippen LogP contribution in [-0.2, 0) is 0 Å². The number of hydrogen-bond donors (Lipinski definition) is 1. The van der Waals surface area contributed by atoms with Crippen molar-refractivity contribution in [2.45, 2.75) is 18.9 Å². The topological polar surface area (TPSA) is 29.3 Å². The highest BCUT2D eigenvalue weighted by Crippen LogP contribution is 2.18. The predicted molar refractivity (Wildman–Crippen MR) is 58.5 cm³/mol. The Labute approximate surface area is 85.7 Å². The van der Waals surface area contributed by atoms with E-state index in [0.717, 1.165) is 0 Å². The van der Waals surface area contributed by atoms with Gasteiger partial charge in [-0.3, -0.25) is 4.90 Å². The maximum Gasteiger partial charge on any atom is 0.0469 e. The molecule has 1 fully saturated rings. The zero-order valence-corrected chi connectivity index (χ0v) is 8.39. The molecule has 0 spiro atoms. The molecule has 1 aromatic carbocycles. The first-order valence-corrected chi connectivity index (χ1v) is 5.26. The quantitative estimate of drug-likeness (QED) is 0.787. The number of benzene rings is 1. The van der Waals surface area contributed by atoms with Gasteiger partial charge in [0, 0.05) is 12.6 Å². The van der Waals surface area contributed by atoms with Crippen LogP contribution < -0.4 is 5.73 Å². The number of nitrogens with zero attached hydrogens (tertiary/aromatic N) is 1. The SMILES string of the molecule is N[C@H]([CH]N1CCCC1)c1ccccc1. The number of rotatable bonds is 3. The van der Waals surface area contributed by atoms with E-state index in [1.54, 1.807) is 0 Å². The lowest BCUT2D eigenvalue weighted by Crippen LogP contribution is -2.24. The van der Waals surface area contributed by atoms with E-state index in [1.807, 2.05) is 18.2 Å². The van der Waals surface area contributed by atoms with Crippen LogP contribution in [0.2, 0.25) is 0 Å². The Kier molecular flexibility index (Phi) is 3.17. The molecule has 0 aliphatic carbocycles. The predicted octanol–water partition coefficient (Wildman–Crippen LogP) is 1.94. The van der Waals surface area contributed by atoms with Crippen LogP contribution in [0.1, 0.15) is 24.4 Å². The molecule has 2 N–H and O–H groups in total. The van der Waals surface area contributed by atoms with E-state index in [1.165, 1.54) is 31.5 Å². The van der Waals surface area contributed by atoms with Crippen molar-refractivity contribution in [1.82, 2.24) is 4.90 Å². The van der Waals surface area contributed by atoms with Crippen molar-refractivity contribution >= 4 is 0 Å². The second-order valence-corrected chi connectivity index (χ2v) is 3.83. The van der Waals surface area contributed by atoms with Crippen molar-refractivity contribution in [1.29, 1.82) is 0 Å². The Bertz CT molecular complexity index is 265. The molecular weight excluding hydrogens is 172 g/mol. The molecule has 1 atom stereocenters. The number of likely N-dealkylation sites (tertiary alicyclic amines) is 1. The van der Waals surface area contributed by atoms with Crippen molar-refractivity contribution < 1.29 is 0 Å². The molecular formula is C12H17N2. The summed E-state index contributed by atoms with van der Waals surface area (Å²) in [5.41, 5.74) is 7.27. The Morgan fingerprint density at radius 2 is 1.79 bits per heavy atom. The van der Waals surface area contributed by atoms with Gasteiger partial charge in [0.1, 0.15) is 0 Å².